The highest BCUT2D eigenvalue weighted by molar-refractivity contribution is 6.30. The molecule has 0 saturated carbocycles. The predicted molar refractivity (Wildman–Crippen MR) is 68.3 cm³/mol. The SMILES string of the molecule is Cc1ccc(Cl)cc1NC1CCCOCC1. The molecule has 1 aromatic rings. The first-order valence-corrected chi connectivity index (χ1v) is 6.24. The molecule has 0 spiro atoms. The van der Waals surface area contributed by atoms with E-state index in [1.165, 1.54) is 12.0 Å². The molecule has 1 heterocycles. The molecule has 1 atom stereocenters. The molecule has 0 bridgehead atoms. The third-order valence-corrected chi connectivity index (χ3v) is 3.25. The highest BCUT2D eigenvalue weighted by Crippen LogP contribution is 2.23. The van der Waals surface area contributed by atoms with Crippen molar-refractivity contribution in [3.8, 4) is 0 Å². The van der Waals surface area contributed by atoms with Crippen LogP contribution in [-0.4, -0.2) is 19.3 Å². The zero-order chi connectivity index (χ0) is 11.4. The van der Waals surface area contributed by atoms with Crippen LogP contribution in [0.25, 0.3) is 0 Å². The van der Waals surface area contributed by atoms with Crippen LogP contribution in [0.5, 0.6) is 0 Å². The van der Waals surface area contributed by atoms with Crippen LogP contribution >= 0.6 is 11.6 Å². The average Bonchev–Trinajstić information content (AvgIpc) is 2.52. The number of nitrogens with one attached hydrogen (secondary N) is 1. The number of aryl methyl sites for hydroxylation is 1. The van der Waals surface area contributed by atoms with Crippen molar-refractivity contribution < 1.29 is 4.74 Å². The van der Waals surface area contributed by atoms with Gasteiger partial charge in [-0.25, -0.2) is 0 Å². The average molecular weight is 240 g/mol. The largest absolute Gasteiger partial charge is 0.382 e. The van der Waals surface area contributed by atoms with Gasteiger partial charge in [-0.05, 0) is 43.9 Å². The molecule has 1 aromatic carbocycles. The number of benzene rings is 1. The Morgan fingerprint density at radius 1 is 1.31 bits per heavy atom. The fourth-order valence-corrected chi connectivity index (χ4v) is 2.19. The maximum Gasteiger partial charge on any atom is 0.0485 e. The lowest BCUT2D eigenvalue weighted by Gasteiger charge is -2.18. The van der Waals surface area contributed by atoms with Crippen LogP contribution in [0, 0.1) is 6.92 Å². The van der Waals surface area contributed by atoms with Crippen molar-refractivity contribution in [2.24, 2.45) is 0 Å². The summed E-state index contributed by atoms with van der Waals surface area (Å²) in [4.78, 5) is 0. The lowest BCUT2D eigenvalue weighted by molar-refractivity contribution is 0.144. The van der Waals surface area contributed by atoms with E-state index >= 15 is 0 Å². The minimum Gasteiger partial charge on any atom is -0.382 e. The first-order valence-electron chi connectivity index (χ1n) is 5.86. The molecule has 1 fully saturated rings. The quantitative estimate of drug-likeness (QED) is 0.851. The smallest absolute Gasteiger partial charge is 0.0485 e. The van der Waals surface area contributed by atoms with Gasteiger partial charge in [0.25, 0.3) is 0 Å². The minimum atomic E-state index is 0.514. The van der Waals surface area contributed by atoms with Gasteiger partial charge in [-0.2, -0.15) is 0 Å². The van der Waals surface area contributed by atoms with Crippen LogP contribution < -0.4 is 5.32 Å². The molecule has 1 aliphatic heterocycles. The normalized spacial score (nSPS) is 21.5. The van der Waals surface area contributed by atoms with E-state index < -0.39 is 0 Å². The highest BCUT2D eigenvalue weighted by atomic mass is 35.5. The molecule has 1 N–H and O–H groups in total. The van der Waals surface area contributed by atoms with Crippen LogP contribution in [0.2, 0.25) is 5.02 Å². The number of halogens is 1. The van der Waals surface area contributed by atoms with Crippen molar-refractivity contribution in [1.29, 1.82) is 0 Å². The van der Waals surface area contributed by atoms with Crippen LogP contribution in [0.3, 0.4) is 0 Å². The summed E-state index contributed by atoms with van der Waals surface area (Å²) in [5, 5.41) is 4.36. The van der Waals surface area contributed by atoms with Gasteiger partial charge in [0.1, 0.15) is 0 Å². The second-order valence-electron chi connectivity index (χ2n) is 4.34. The van der Waals surface area contributed by atoms with E-state index in [0.29, 0.717) is 6.04 Å². The lowest BCUT2D eigenvalue weighted by Crippen LogP contribution is -2.20. The molecule has 88 valence electrons. The predicted octanol–water partition coefficient (Wildman–Crippen LogP) is 3.63. The van der Waals surface area contributed by atoms with Gasteiger partial charge in [0.15, 0.2) is 0 Å². The van der Waals surface area contributed by atoms with Gasteiger partial charge in [0, 0.05) is 30.0 Å². The molecule has 16 heavy (non-hydrogen) atoms. The second-order valence-corrected chi connectivity index (χ2v) is 4.78. The molecule has 2 nitrogen and oxygen atoms in total. The maximum atomic E-state index is 6.00. The van der Waals surface area contributed by atoms with E-state index in [1.54, 1.807) is 0 Å². The Balaban J connectivity index is 2.04. The van der Waals surface area contributed by atoms with Gasteiger partial charge in [-0.1, -0.05) is 17.7 Å². The Bertz CT molecular complexity index is 346. The van der Waals surface area contributed by atoms with Crippen molar-refractivity contribution in [2.75, 3.05) is 18.5 Å². The topological polar surface area (TPSA) is 21.3 Å². The summed E-state index contributed by atoms with van der Waals surface area (Å²) in [6, 6.07) is 6.50. The molecule has 0 aliphatic carbocycles. The molecule has 1 saturated heterocycles. The summed E-state index contributed by atoms with van der Waals surface area (Å²) in [7, 11) is 0. The number of rotatable bonds is 2. The summed E-state index contributed by atoms with van der Waals surface area (Å²) in [6.45, 7) is 3.86. The Labute approximate surface area is 102 Å². The van der Waals surface area contributed by atoms with Gasteiger partial charge in [-0.3, -0.25) is 0 Å². The number of anilines is 1. The van der Waals surface area contributed by atoms with Crippen LogP contribution in [0.15, 0.2) is 18.2 Å². The Kier molecular flexibility index (Phi) is 4.08. The first kappa shape index (κ1) is 11.7. The van der Waals surface area contributed by atoms with E-state index in [9.17, 15) is 0 Å². The molecular formula is C13H18ClNO. The van der Waals surface area contributed by atoms with E-state index in [2.05, 4.69) is 18.3 Å². The third kappa shape index (κ3) is 3.13. The van der Waals surface area contributed by atoms with Gasteiger partial charge in [0.05, 0.1) is 0 Å². The van der Waals surface area contributed by atoms with Crippen molar-refractivity contribution in [2.45, 2.75) is 32.2 Å². The monoisotopic (exact) mass is 239 g/mol. The standard InChI is InChI=1S/C13H18ClNO/c1-10-4-5-11(14)9-13(10)15-12-3-2-7-16-8-6-12/h4-5,9,12,15H,2-3,6-8H2,1H3. The van der Waals surface area contributed by atoms with Gasteiger partial charge >= 0.3 is 0 Å². The molecular weight excluding hydrogens is 222 g/mol. The van der Waals surface area contributed by atoms with Gasteiger partial charge in [0.2, 0.25) is 0 Å². The van der Waals surface area contributed by atoms with E-state index in [1.807, 2.05) is 12.1 Å². The molecule has 2 rings (SSSR count). The number of hydrogen-bond donors (Lipinski definition) is 1. The Morgan fingerprint density at radius 3 is 3.06 bits per heavy atom. The van der Waals surface area contributed by atoms with E-state index in [0.717, 1.165) is 36.8 Å². The van der Waals surface area contributed by atoms with Crippen molar-refractivity contribution >= 4 is 17.3 Å². The lowest BCUT2D eigenvalue weighted by atomic mass is 10.1. The zero-order valence-electron chi connectivity index (χ0n) is 9.63. The first-order chi connectivity index (χ1) is 7.75. The van der Waals surface area contributed by atoms with E-state index in [4.69, 9.17) is 16.3 Å². The van der Waals surface area contributed by atoms with Crippen LogP contribution in [-0.2, 0) is 4.74 Å². The van der Waals surface area contributed by atoms with Crippen LogP contribution in [0.1, 0.15) is 24.8 Å². The van der Waals surface area contributed by atoms with Gasteiger partial charge < -0.3 is 10.1 Å². The second kappa shape index (κ2) is 5.55. The Hall–Kier alpha value is -0.730. The number of hydrogen-bond acceptors (Lipinski definition) is 2. The molecule has 3 heteroatoms. The fourth-order valence-electron chi connectivity index (χ4n) is 2.02. The highest BCUT2D eigenvalue weighted by Gasteiger charge is 2.12. The molecule has 1 aliphatic rings. The summed E-state index contributed by atoms with van der Waals surface area (Å²) < 4.78 is 5.45. The zero-order valence-corrected chi connectivity index (χ0v) is 10.4. The minimum absolute atomic E-state index is 0.514. The van der Waals surface area contributed by atoms with Crippen molar-refractivity contribution in [3.63, 3.8) is 0 Å². The summed E-state index contributed by atoms with van der Waals surface area (Å²) in [6.07, 6.45) is 3.38. The van der Waals surface area contributed by atoms with Crippen LogP contribution in [0.4, 0.5) is 5.69 Å². The summed E-state index contributed by atoms with van der Waals surface area (Å²) in [5.74, 6) is 0. The summed E-state index contributed by atoms with van der Waals surface area (Å²) in [5.41, 5.74) is 2.40. The third-order valence-electron chi connectivity index (χ3n) is 3.01. The maximum absolute atomic E-state index is 6.00. The molecule has 0 amide bonds. The molecule has 0 radical (unpaired) electrons. The van der Waals surface area contributed by atoms with E-state index in [-0.39, 0.29) is 0 Å². The number of ether oxygens (including phenoxy) is 1. The molecule has 1 unspecified atom stereocenters. The van der Waals surface area contributed by atoms with Gasteiger partial charge in [-0.15, -0.1) is 0 Å². The Morgan fingerprint density at radius 2 is 2.19 bits per heavy atom. The summed E-state index contributed by atoms with van der Waals surface area (Å²) >= 11 is 6.00. The fraction of sp³-hybridized carbons (Fsp3) is 0.538. The molecule has 0 aromatic heterocycles. The van der Waals surface area contributed by atoms with Crippen molar-refractivity contribution in [1.82, 2.24) is 0 Å². The van der Waals surface area contributed by atoms with Crippen molar-refractivity contribution in [3.05, 3.63) is 28.8 Å².